The Morgan fingerprint density at radius 2 is 2.00 bits per heavy atom. The quantitative estimate of drug-likeness (QED) is 0.122. The number of carboxylic acids is 1. The maximum absolute atomic E-state index is 12.2. The maximum atomic E-state index is 12.2. The van der Waals surface area contributed by atoms with Crippen molar-refractivity contribution in [2.24, 2.45) is 22.2 Å². The van der Waals surface area contributed by atoms with Crippen molar-refractivity contribution in [3.05, 3.63) is 18.2 Å². The first-order valence-corrected chi connectivity index (χ1v) is 8.32. The van der Waals surface area contributed by atoms with Crippen LogP contribution in [0.4, 0.5) is 0 Å². The van der Waals surface area contributed by atoms with Crippen molar-refractivity contribution >= 4 is 23.7 Å². The summed E-state index contributed by atoms with van der Waals surface area (Å²) < 4.78 is 0. The Bertz CT molecular complexity index is 657. The zero-order valence-corrected chi connectivity index (χ0v) is 15.0. The molecule has 0 aliphatic carbocycles. The number of hydrogen-bond donors (Lipinski definition) is 7. The fourth-order valence-corrected chi connectivity index (χ4v) is 2.15. The molecule has 0 unspecified atom stereocenters. The third-order valence-corrected chi connectivity index (χ3v) is 3.65. The minimum atomic E-state index is -1.20. The summed E-state index contributed by atoms with van der Waals surface area (Å²) in [5.74, 6) is -2.40. The molecule has 0 spiro atoms. The number of carbonyl (C=O) groups excluding carboxylic acids is 2. The fraction of sp³-hybridized carbons (Fsp3) is 0.533. The van der Waals surface area contributed by atoms with Crippen LogP contribution in [0, 0.1) is 0 Å². The topological polar surface area (TPSA) is 215 Å². The molecule has 1 heterocycles. The molecule has 27 heavy (non-hydrogen) atoms. The van der Waals surface area contributed by atoms with Crippen molar-refractivity contribution in [3.8, 4) is 0 Å². The number of nitrogens with zero attached hydrogens (tertiary/aromatic N) is 2. The summed E-state index contributed by atoms with van der Waals surface area (Å²) in [6.45, 7) is 1.78. The van der Waals surface area contributed by atoms with Crippen LogP contribution in [-0.2, 0) is 20.8 Å². The number of imidazole rings is 1. The van der Waals surface area contributed by atoms with Crippen LogP contribution in [0.2, 0.25) is 0 Å². The number of amides is 2. The van der Waals surface area contributed by atoms with E-state index in [1.807, 2.05) is 0 Å². The number of nitrogens with one attached hydrogen (secondary N) is 3. The van der Waals surface area contributed by atoms with Gasteiger partial charge in [0.15, 0.2) is 5.96 Å². The SMILES string of the molecule is C[C@H](NC(=O)[C@@H](N)CCCN=C(N)N)C(=O)N[C@@H](Cc1cnc[nH]1)C(=O)O. The van der Waals surface area contributed by atoms with Gasteiger partial charge in [-0.1, -0.05) is 0 Å². The van der Waals surface area contributed by atoms with Crippen LogP contribution in [0.3, 0.4) is 0 Å². The summed E-state index contributed by atoms with van der Waals surface area (Å²) in [6.07, 6.45) is 3.74. The molecule has 150 valence electrons. The minimum Gasteiger partial charge on any atom is -0.480 e. The van der Waals surface area contributed by atoms with E-state index < -0.39 is 35.9 Å². The first kappa shape index (κ1) is 21.9. The number of aromatic nitrogens is 2. The predicted octanol–water partition coefficient (Wildman–Crippen LogP) is -2.59. The number of hydrogen-bond acceptors (Lipinski definition) is 6. The summed E-state index contributed by atoms with van der Waals surface area (Å²) in [5, 5.41) is 14.1. The molecule has 12 heteroatoms. The van der Waals surface area contributed by atoms with Crippen LogP contribution < -0.4 is 27.8 Å². The molecule has 1 aromatic heterocycles. The van der Waals surface area contributed by atoms with Crippen LogP contribution >= 0.6 is 0 Å². The number of nitrogens with two attached hydrogens (primary N) is 3. The number of aromatic amines is 1. The fourth-order valence-electron chi connectivity index (χ4n) is 2.15. The van der Waals surface area contributed by atoms with Crippen LogP contribution in [-0.4, -0.2) is 63.5 Å². The molecule has 1 rings (SSSR count). The number of H-pyrrole nitrogens is 1. The van der Waals surface area contributed by atoms with Gasteiger partial charge in [0.05, 0.1) is 12.4 Å². The summed E-state index contributed by atoms with van der Waals surface area (Å²) in [6, 6.07) is -2.95. The Balaban J connectivity index is 2.47. The summed E-state index contributed by atoms with van der Waals surface area (Å²) in [4.78, 5) is 45.9. The van der Waals surface area contributed by atoms with Gasteiger partial charge in [-0.15, -0.1) is 0 Å². The van der Waals surface area contributed by atoms with Gasteiger partial charge >= 0.3 is 5.97 Å². The van der Waals surface area contributed by atoms with E-state index >= 15 is 0 Å². The van der Waals surface area contributed by atoms with Gasteiger partial charge in [0.1, 0.15) is 12.1 Å². The molecular weight excluding hydrogens is 356 g/mol. The molecule has 12 nitrogen and oxygen atoms in total. The summed E-state index contributed by atoms with van der Waals surface area (Å²) >= 11 is 0. The Labute approximate surface area is 156 Å². The molecule has 0 fully saturated rings. The van der Waals surface area contributed by atoms with Gasteiger partial charge in [-0.25, -0.2) is 9.78 Å². The highest BCUT2D eigenvalue weighted by atomic mass is 16.4. The molecule has 2 amide bonds. The average molecular weight is 382 g/mol. The Kier molecular flexibility index (Phi) is 8.72. The number of carbonyl (C=O) groups is 3. The lowest BCUT2D eigenvalue weighted by atomic mass is 10.1. The van der Waals surface area contributed by atoms with Crippen molar-refractivity contribution in [3.63, 3.8) is 0 Å². The van der Waals surface area contributed by atoms with Gasteiger partial charge in [-0.3, -0.25) is 14.6 Å². The van der Waals surface area contributed by atoms with Crippen molar-refractivity contribution in [2.75, 3.05) is 6.54 Å². The van der Waals surface area contributed by atoms with E-state index in [-0.39, 0.29) is 12.4 Å². The van der Waals surface area contributed by atoms with E-state index in [1.54, 1.807) is 0 Å². The van der Waals surface area contributed by atoms with Crippen molar-refractivity contribution in [1.29, 1.82) is 0 Å². The molecule has 3 atom stereocenters. The molecule has 0 radical (unpaired) electrons. The first-order valence-electron chi connectivity index (χ1n) is 8.32. The first-order chi connectivity index (χ1) is 12.7. The lowest BCUT2D eigenvalue weighted by Gasteiger charge is -2.20. The number of aliphatic carboxylic acids is 1. The van der Waals surface area contributed by atoms with Gasteiger partial charge < -0.3 is 37.9 Å². The molecule has 0 saturated heterocycles. The van der Waals surface area contributed by atoms with E-state index in [2.05, 4.69) is 25.6 Å². The van der Waals surface area contributed by atoms with Gasteiger partial charge in [0.2, 0.25) is 11.8 Å². The molecular formula is C15H26N8O4. The third-order valence-electron chi connectivity index (χ3n) is 3.65. The maximum Gasteiger partial charge on any atom is 0.326 e. The lowest BCUT2D eigenvalue weighted by molar-refractivity contribution is -0.142. The highest BCUT2D eigenvalue weighted by molar-refractivity contribution is 5.91. The minimum absolute atomic E-state index is 0.0338. The van der Waals surface area contributed by atoms with Crippen molar-refractivity contribution in [1.82, 2.24) is 20.6 Å². The normalized spacial score (nSPS) is 13.9. The van der Waals surface area contributed by atoms with E-state index in [0.717, 1.165) is 0 Å². The van der Waals surface area contributed by atoms with Crippen LogP contribution in [0.1, 0.15) is 25.5 Å². The molecule has 0 bridgehead atoms. The second-order valence-corrected chi connectivity index (χ2v) is 5.97. The molecule has 0 saturated carbocycles. The molecule has 0 aliphatic rings. The number of aliphatic imine (C=N–C) groups is 1. The second kappa shape index (κ2) is 10.8. The van der Waals surface area contributed by atoms with Crippen molar-refractivity contribution in [2.45, 2.75) is 44.3 Å². The molecule has 1 aromatic rings. The van der Waals surface area contributed by atoms with Crippen molar-refractivity contribution < 1.29 is 19.5 Å². The number of guanidine groups is 1. The van der Waals surface area contributed by atoms with E-state index in [9.17, 15) is 19.5 Å². The molecule has 0 aliphatic heterocycles. The largest absolute Gasteiger partial charge is 0.480 e. The molecule has 10 N–H and O–H groups in total. The average Bonchev–Trinajstić information content (AvgIpc) is 3.10. The van der Waals surface area contributed by atoms with E-state index in [4.69, 9.17) is 17.2 Å². The van der Waals surface area contributed by atoms with Crippen LogP contribution in [0.25, 0.3) is 0 Å². The molecule has 0 aromatic carbocycles. The van der Waals surface area contributed by atoms with E-state index in [0.29, 0.717) is 25.1 Å². The van der Waals surface area contributed by atoms with Gasteiger partial charge in [-0.05, 0) is 19.8 Å². The highest BCUT2D eigenvalue weighted by Crippen LogP contribution is 2.00. The number of rotatable bonds is 11. The zero-order valence-electron chi connectivity index (χ0n) is 15.0. The summed E-state index contributed by atoms with van der Waals surface area (Å²) in [7, 11) is 0. The summed E-state index contributed by atoms with van der Waals surface area (Å²) in [5.41, 5.74) is 16.7. The van der Waals surface area contributed by atoms with Crippen LogP contribution in [0.5, 0.6) is 0 Å². The Hall–Kier alpha value is -3.15. The second-order valence-electron chi connectivity index (χ2n) is 5.97. The monoisotopic (exact) mass is 382 g/mol. The zero-order chi connectivity index (χ0) is 20.4. The van der Waals surface area contributed by atoms with E-state index in [1.165, 1.54) is 19.4 Å². The lowest BCUT2D eigenvalue weighted by Crippen LogP contribution is -2.53. The van der Waals surface area contributed by atoms with Gasteiger partial charge in [-0.2, -0.15) is 0 Å². The van der Waals surface area contributed by atoms with Crippen LogP contribution in [0.15, 0.2) is 17.5 Å². The third kappa shape index (κ3) is 8.18. The number of carboxylic acid groups (broad SMARTS) is 1. The Morgan fingerprint density at radius 3 is 2.56 bits per heavy atom. The highest BCUT2D eigenvalue weighted by Gasteiger charge is 2.25. The van der Waals surface area contributed by atoms with Gasteiger partial charge in [0, 0.05) is 24.9 Å². The van der Waals surface area contributed by atoms with Gasteiger partial charge in [0.25, 0.3) is 0 Å². The smallest absolute Gasteiger partial charge is 0.326 e. The Morgan fingerprint density at radius 1 is 1.30 bits per heavy atom. The standard InChI is InChI=1S/C15H26N8O4/c1-8(22-13(25)10(16)3-2-4-20-15(17)18)12(24)23-11(14(26)27)5-9-6-19-7-21-9/h6-8,10-11H,2-5,16H2,1H3,(H,19,21)(H,22,25)(H,23,24)(H,26,27)(H4,17,18,20)/t8-,10-,11-/m0/s1. The predicted molar refractivity (Wildman–Crippen MR) is 97.3 cm³/mol.